The smallest absolute Gasteiger partial charge is 0.257 e. The normalized spacial score (nSPS) is 20.2. The van der Waals surface area contributed by atoms with E-state index < -0.39 is 17.0 Å². The summed E-state index contributed by atoms with van der Waals surface area (Å²) in [4.78, 5) is 12.3. The Hall–Kier alpha value is -2.43. The van der Waals surface area contributed by atoms with E-state index in [1.807, 2.05) is 45.9 Å². The molecule has 1 unspecified atom stereocenters. The lowest BCUT2D eigenvalue weighted by molar-refractivity contribution is -0.123. The van der Waals surface area contributed by atoms with Gasteiger partial charge in [-0.2, -0.15) is 0 Å². The maximum Gasteiger partial charge on any atom is 0.257 e. The molecule has 0 radical (unpaired) electrons. The van der Waals surface area contributed by atoms with E-state index in [0.29, 0.717) is 11.3 Å². The summed E-state index contributed by atoms with van der Waals surface area (Å²) < 4.78 is 33.2. The van der Waals surface area contributed by atoms with Gasteiger partial charge in [0.05, 0.1) is 0 Å². The topological polar surface area (TPSA) is 38.3 Å². The van der Waals surface area contributed by atoms with Crippen molar-refractivity contribution >= 4 is 5.91 Å². The number of aryl methyl sites for hydroxylation is 2. The van der Waals surface area contributed by atoms with Crippen LogP contribution >= 0.6 is 0 Å². The number of hydrogen-bond acceptors (Lipinski definition) is 2. The number of ether oxygens (including phenoxy) is 1. The highest BCUT2D eigenvalue weighted by molar-refractivity contribution is 5.77. The third-order valence-corrected chi connectivity index (χ3v) is 5.64. The van der Waals surface area contributed by atoms with Crippen LogP contribution in [0, 0.1) is 30.9 Å². The number of rotatable bonds is 6. The molecule has 1 aliphatic carbocycles. The van der Waals surface area contributed by atoms with Crippen molar-refractivity contribution in [2.45, 2.75) is 39.5 Å². The monoisotopic (exact) mass is 373 g/mol. The molecule has 3 rings (SSSR count). The third kappa shape index (κ3) is 3.82. The Bertz CT molecular complexity index is 879. The van der Waals surface area contributed by atoms with Crippen molar-refractivity contribution in [1.29, 1.82) is 0 Å². The van der Waals surface area contributed by atoms with Crippen LogP contribution in [0.4, 0.5) is 8.78 Å². The molecule has 2 aromatic carbocycles. The van der Waals surface area contributed by atoms with Crippen molar-refractivity contribution in [2.24, 2.45) is 5.41 Å². The van der Waals surface area contributed by atoms with Gasteiger partial charge in [0.1, 0.15) is 17.4 Å². The van der Waals surface area contributed by atoms with E-state index in [1.54, 1.807) is 0 Å². The molecule has 1 N–H and O–H groups in total. The van der Waals surface area contributed by atoms with Crippen LogP contribution in [0.5, 0.6) is 5.75 Å². The van der Waals surface area contributed by atoms with Crippen LogP contribution in [0.2, 0.25) is 0 Å². The van der Waals surface area contributed by atoms with Crippen molar-refractivity contribution in [3.05, 3.63) is 64.7 Å². The maximum absolute atomic E-state index is 14.3. The lowest BCUT2D eigenvalue weighted by Crippen LogP contribution is -2.37. The van der Waals surface area contributed by atoms with Gasteiger partial charge in [-0.25, -0.2) is 8.78 Å². The van der Waals surface area contributed by atoms with Gasteiger partial charge in [0.15, 0.2) is 6.61 Å². The first-order valence-electron chi connectivity index (χ1n) is 9.07. The van der Waals surface area contributed by atoms with Gasteiger partial charge in [0, 0.05) is 18.0 Å². The van der Waals surface area contributed by atoms with Gasteiger partial charge in [-0.15, -0.1) is 0 Å². The van der Waals surface area contributed by atoms with E-state index >= 15 is 0 Å². The molecule has 144 valence electrons. The fraction of sp³-hybridized carbons (Fsp3) is 0.409. The lowest BCUT2D eigenvalue weighted by atomic mass is 9.87. The molecule has 0 aromatic heterocycles. The number of nitrogens with one attached hydrogen (secondary N) is 1. The fourth-order valence-corrected chi connectivity index (χ4v) is 3.85. The van der Waals surface area contributed by atoms with Crippen LogP contribution in [-0.2, 0) is 10.2 Å². The van der Waals surface area contributed by atoms with Crippen molar-refractivity contribution < 1.29 is 18.3 Å². The van der Waals surface area contributed by atoms with Crippen molar-refractivity contribution in [2.75, 3.05) is 13.2 Å². The molecule has 5 heteroatoms. The molecular weight excluding hydrogens is 348 g/mol. The number of carbonyl (C=O) groups excluding carboxylic acids is 1. The van der Waals surface area contributed by atoms with Gasteiger partial charge < -0.3 is 10.1 Å². The van der Waals surface area contributed by atoms with Crippen LogP contribution in [0.15, 0.2) is 36.4 Å². The van der Waals surface area contributed by atoms with E-state index in [0.717, 1.165) is 23.6 Å². The summed E-state index contributed by atoms with van der Waals surface area (Å²) >= 11 is 0. The van der Waals surface area contributed by atoms with Gasteiger partial charge in [-0.3, -0.25) is 4.79 Å². The molecule has 1 fully saturated rings. The molecule has 0 spiro atoms. The Morgan fingerprint density at radius 1 is 1.15 bits per heavy atom. The van der Waals surface area contributed by atoms with Crippen molar-refractivity contribution in [3.63, 3.8) is 0 Å². The summed E-state index contributed by atoms with van der Waals surface area (Å²) in [6.45, 7) is 8.15. The van der Waals surface area contributed by atoms with Crippen LogP contribution in [-0.4, -0.2) is 19.1 Å². The fourth-order valence-electron chi connectivity index (χ4n) is 3.85. The van der Waals surface area contributed by atoms with Gasteiger partial charge in [0.2, 0.25) is 0 Å². The first kappa shape index (κ1) is 19.3. The summed E-state index contributed by atoms with van der Waals surface area (Å²) in [5.41, 5.74) is 1.84. The molecular formula is C22H25F2NO2. The summed E-state index contributed by atoms with van der Waals surface area (Å²) in [6, 6.07) is 9.41. The van der Waals surface area contributed by atoms with Gasteiger partial charge in [0.25, 0.3) is 5.91 Å². The summed E-state index contributed by atoms with van der Waals surface area (Å²) in [5, 5.41) is 2.86. The van der Waals surface area contributed by atoms with Crippen LogP contribution < -0.4 is 10.1 Å². The summed E-state index contributed by atoms with van der Waals surface area (Å²) in [6.07, 6.45) is 0.723. The molecule has 1 atom stereocenters. The molecule has 27 heavy (non-hydrogen) atoms. The molecule has 0 saturated heterocycles. The minimum atomic E-state index is -0.601. The van der Waals surface area contributed by atoms with Gasteiger partial charge >= 0.3 is 0 Å². The molecule has 0 aliphatic heterocycles. The standard InChI is InChI=1S/C22H25F2NO2/c1-14-5-8-19(15(2)9-14)27-11-20(26)25-13-22(12-21(22,3)4)17-7-6-16(23)10-18(17)24/h5-10H,11-13H2,1-4H3,(H,25,26). The minimum absolute atomic E-state index is 0.105. The highest BCUT2D eigenvalue weighted by Gasteiger charge is 2.62. The second kappa shape index (κ2) is 6.95. The molecule has 3 nitrogen and oxygen atoms in total. The van der Waals surface area contributed by atoms with Crippen molar-refractivity contribution in [3.8, 4) is 5.75 Å². The van der Waals surface area contributed by atoms with E-state index in [2.05, 4.69) is 5.32 Å². The SMILES string of the molecule is Cc1ccc(OCC(=O)NCC2(c3ccc(F)cc3F)CC2(C)C)c(C)c1. The largest absolute Gasteiger partial charge is 0.484 e. The molecule has 2 aromatic rings. The lowest BCUT2D eigenvalue weighted by Gasteiger charge is -2.22. The molecule has 1 amide bonds. The zero-order valence-electron chi connectivity index (χ0n) is 16.2. The van der Waals surface area contributed by atoms with Crippen LogP contribution in [0.1, 0.15) is 37.0 Å². The zero-order valence-corrected chi connectivity index (χ0v) is 16.2. The Morgan fingerprint density at radius 2 is 1.85 bits per heavy atom. The van der Waals surface area contributed by atoms with E-state index in [1.165, 1.54) is 12.1 Å². The number of hydrogen-bond donors (Lipinski definition) is 1. The van der Waals surface area contributed by atoms with Crippen LogP contribution in [0.3, 0.4) is 0 Å². The van der Waals surface area contributed by atoms with E-state index in [9.17, 15) is 13.6 Å². The molecule has 0 bridgehead atoms. The van der Waals surface area contributed by atoms with E-state index in [-0.39, 0.29) is 24.5 Å². The average Bonchev–Trinajstić information content (AvgIpc) is 3.14. The third-order valence-electron chi connectivity index (χ3n) is 5.64. The van der Waals surface area contributed by atoms with Gasteiger partial charge in [-0.05, 0) is 48.9 Å². The Morgan fingerprint density at radius 3 is 2.44 bits per heavy atom. The number of halogens is 2. The highest BCUT2D eigenvalue weighted by atomic mass is 19.1. The highest BCUT2D eigenvalue weighted by Crippen LogP contribution is 2.64. The first-order valence-corrected chi connectivity index (χ1v) is 9.07. The Balaban J connectivity index is 1.64. The summed E-state index contributed by atoms with van der Waals surface area (Å²) in [5.74, 6) is -0.765. The predicted octanol–water partition coefficient (Wildman–Crippen LogP) is 4.44. The molecule has 0 heterocycles. The minimum Gasteiger partial charge on any atom is -0.484 e. The summed E-state index contributed by atoms with van der Waals surface area (Å²) in [7, 11) is 0. The number of benzene rings is 2. The quantitative estimate of drug-likeness (QED) is 0.813. The van der Waals surface area contributed by atoms with Gasteiger partial charge in [-0.1, -0.05) is 37.6 Å². The number of amides is 1. The zero-order chi connectivity index (χ0) is 19.8. The Labute approximate surface area is 158 Å². The number of carbonyl (C=O) groups is 1. The predicted molar refractivity (Wildman–Crippen MR) is 101 cm³/mol. The Kier molecular flexibility index (Phi) is 4.98. The second-order valence-electron chi connectivity index (χ2n) is 8.10. The average molecular weight is 373 g/mol. The molecule has 1 saturated carbocycles. The van der Waals surface area contributed by atoms with Crippen LogP contribution in [0.25, 0.3) is 0 Å². The first-order chi connectivity index (χ1) is 12.6. The van der Waals surface area contributed by atoms with E-state index in [4.69, 9.17) is 4.74 Å². The molecule has 1 aliphatic rings. The second-order valence-corrected chi connectivity index (χ2v) is 8.10. The van der Waals surface area contributed by atoms with Crippen molar-refractivity contribution in [1.82, 2.24) is 5.32 Å². The maximum atomic E-state index is 14.3.